The molecule has 1 aromatic heterocycles. The number of nitrogens with zero attached hydrogens (tertiary/aromatic N) is 4. The van der Waals surface area contributed by atoms with Crippen LogP contribution in [-0.2, 0) is 27.4 Å². The highest BCUT2D eigenvalue weighted by molar-refractivity contribution is 5.89. The van der Waals surface area contributed by atoms with Crippen LogP contribution in [0.5, 0.6) is 0 Å². The molecule has 2 atom stereocenters. The zero-order chi connectivity index (χ0) is 25.6. The molecule has 2 heterocycles. The van der Waals surface area contributed by atoms with E-state index >= 15 is 0 Å². The van der Waals surface area contributed by atoms with Crippen LogP contribution in [0.15, 0.2) is 78.9 Å². The minimum atomic E-state index is -0.907. The molecule has 37 heavy (non-hydrogen) atoms. The van der Waals surface area contributed by atoms with E-state index in [9.17, 15) is 14.0 Å². The fourth-order valence-corrected chi connectivity index (χ4v) is 4.59. The average Bonchev–Trinajstić information content (AvgIpc) is 3.59. The van der Waals surface area contributed by atoms with Crippen molar-refractivity contribution in [3.05, 3.63) is 95.8 Å². The second kappa shape index (κ2) is 11.3. The molecule has 0 spiro atoms. The minimum absolute atomic E-state index is 0.0388. The minimum Gasteiger partial charge on any atom is -0.376 e. The van der Waals surface area contributed by atoms with Gasteiger partial charge in [0.1, 0.15) is 23.9 Å². The molecule has 0 unspecified atom stereocenters. The smallest absolute Gasteiger partial charge is 0.247 e. The van der Waals surface area contributed by atoms with Gasteiger partial charge < -0.3 is 15.0 Å². The summed E-state index contributed by atoms with van der Waals surface area (Å²) >= 11 is 0. The van der Waals surface area contributed by atoms with Crippen molar-refractivity contribution in [3.63, 3.8) is 0 Å². The summed E-state index contributed by atoms with van der Waals surface area (Å²) in [6, 6.07) is 21.6. The monoisotopic (exact) mass is 501 g/mol. The van der Waals surface area contributed by atoms with Crippen LogP contribution < -0.4 is 5.32 Å². The number of benzene rings is 3. The predicted molar refractivity (Wildman–Crippen MR) is 136 cm³/mol. The third-order valence-corrected chi connectivity index (χ3v) is 6.50. The number of nitrogens with one attached hydrogen (secondary N) is 1. The quantitative estimate of drug-likeness (QED) is 0.378. The van der Waals surface area contributed by atoms with Gasteiger partial charge in [-0.05, 0) is 48.2 Å². The standard InChI is InChI=1S/C28H28FN5O3/c29-22-14-12-20(13-15-22)18-33(26(35)19-34-25-11-5-4-10-24(25)31-32-34)27(21-7-2-1-3-8-21)28(36)30-17-23-9-6-16-37-23/h1-5,7-8,10-15,23,27H,6,9,16-19H2,(H,30,36)/t23-,27+/m0/s1. The Bertz CT molecular complexity index is 1350. The number of ether oxygens (including phenoxy) is 1. The van der Waals surface area contributed by atoms with Crippen LogP contribution in [-0.4, -0.2) is 51.0 Å². The number of para-hydroxylation sites is 1. The highest BCUT2D eigenvalue weighted by Crippen LogP contribution is 2.25. The Morgan fingerprint density at radius 1 is 1.05 bits per heavy atom. The molecule has 190 valence electrons. The van der Waals surface area contributed by atoms with Gasteiger partial charge in [0.15, 0.2) is 0 Å². The van der Waals surface area contributed by atoms with E-state index in [1.165, 1.54) is 21.7 Å². The molecular weight excluding hydrogens is 473 g/mol. The highest BCUT2D eigenvalue weighted by Gasteiger charge is 2.32. The average molecular weight is 502 g/mol. The van der Waals surface area contributed by atoms with Crippen molar-refractivity contribution >= 4 is 22.8 Å². The van der Waals surface area contributed by atoms with Crippen molar-refractivity contribution in [3.8, 4) is 0 Å². The van der Waals surface area contributed by atoms with Crippen molar-refractivity contribution in [1.82, 2.24) is 25.2 Å². The van der Waals surface area contributed by atoms with Gasteiger partial charge in [-0.3, -0.25) is 9.59 Å². The Balaban J connectivity index is 1.47. The number of rotatable bonds is 9. The normalized spacial score (nSPS) is 16.0. The fourth-order valence-electron chi connectivity index (χ4n) is 4.59. The first-order chi connectivity index (χ1) is 18.1. The van der Waals surface area contributed by atoms with Gasteiger partial charge in [-0.2, -0.15) is 0 Å². The maximum absolute atomic E-state index is 13.9. The van der Waals surface area contributed by atoms with Gasteiger partial charge in [0, 0.05) is 19.7 Å². The van der Waals surface area contributed by atoms with E-state index in [4.69, 9.17) is 4.74 Å². The second-order valence-corrected chi connectivity index (χ2v) is 9.08. The SMILES string of the molecule is O=C(NC[C@@H]1CCCO1)[C@@H](c1ccccc1)N(Cc1ccc(F)cc1)C(=O)Cn1nnc2ccccc21. The van der Waals surface area contributed by atoms with E-state index in [1.807, 2.05) is 54.6 Å². The van der Waals surface area contributed by atoms with Gasteiger partial charge in [0.2, 0.25) is 11.8 Å². The van der Waals surface area contributed by atoms with Crippen molar-refractivity contribution in [2.45, 2.75) is 38.1 Å². The lowest BCUT2D eigenvalue weighted by Gasteiger charge is -2.32. The largest absolute Gasteiger partial charge is 0.376 e. The number of carbonyl (C=O) groups excluding carboxylic acids is 2. The Hall–Kier alpha value is -4.11. The molecule has 0 bridgehead atoms. The van der Waals surface area contributed by atoms with Crippen LogP contribution in [0.2, 0.25) is 0 Å². The van der Waals surface area contributed by atoms with E-state index in [0.717, 1.165) is 18.4 Å². The molecule has 1 aliphatic rings. The molecule has 2 amide bonds. The molecule has 3 aromatic carbocycles. The van der Waals surface area contributed by atoms with Crippen LogP contribution in [0, 0.1) is 5.82 Å². The first-order valence-corrected chi connectivity index (χ1v) is 12.3. The number of hydrogen-bond donors (Lipinski definition) is 1. The van der Waals surface area contributed by atoms with Gasteiger partial charge in [-0.15, -0.1) is 5.10 Å². The lowest BCUT2D eigenvalue weighted by molar-refractivity contribution is -0.142. The summed E-state index contributed by atoms with van der Waals surface area (Å²) in [5, 5.41) is 11.3. The van der Waals surface area contributed by atoms with Gasteiger partial charge in [0.25, 0.3) is 0 Å². The number of aromatic nitrogens is 3. The van der Waals surface area contributed by atoms with Crippen LogP contribution in [0.1, 0.15) is 30.0 Å². The van der Waals surface area contributed by atoms with Crippen LogP contribution >= 0.6 is 0 Å². The van der Waals surface area contributed by atoms with E-state index in [2.05, 4.69) is 15.6 Å². The number of amides is 2. The summed E-state index contributed by atoms with van der Waals surface area (Å²) in [6.45, 7) is 1.06. The first-order valence-electron chi connectivity index (χ1n) is 12.3. The third kappa shape index (κ3) is 5.83. The lowest BCUT2D eigenvalue weighted by Crippen LogP contribution is -2.46. The van der Waals surface area contributed by atoms with E-state index < -0.39 is 6.04 Å². The summed E-state index contributed by atoms with van der Waals surface area (Å²) in [5.41, 5.74) is 2.77. The van der Waals surface area contributed by atoms with Crippen LogP contribution in [0.25, 0.3) is 11.0 Å². The molecule has 0 saturated carbocycles. The second-order valence-electron chi connectivity index (χ2n) is 9.08. The first kappa shape index (κ1) is 24.6. The molecule has 1 saturated heterocycles. The third-order valence-electron chi connectivity index (χ3n) is 6.50. The maximum atomic E-state index is 13.9. The van der Waals surface area contributed by atoms with Gasteiger partial charge in [-0.25, -0.2) is 9.07 Å². The summed E-state index contributed by atoms with van der Waals surface area (Å²) in [4.78, 5) is 29.0. The summed E-state index contributed by atoms with van der Waals surface area (Å²) in [6.07, 6.45) is 1.81. The molecule has 4 aromatic rings. The molecule has 5 rings (SSSR count). The van der Waals surface area contributed by atoms with Crippen LogP contribution in [0.4, 0.5) is 4.39 Å². The van der Waals surface area contributed by atoms with E-state index in [1.54, 1.807) is 12.1 Å². The van der Waals surface area contributed by atoms with E-state index in [-0.39, 0.29) is 36.8 Å². The topological polar surface area (TPSA) is 89.4 Å². The predicted octanol–water partition coefficient (Wildman–Crippen LogP) is 3.64. The Morgan fingerprint density at radius 2 is 1.81 bits per heavy atom. The van der Waals surface area contributed by atoms with Crippen molar-refractivity contribution in [2.24, 2.45) is 0 Å². The Morgan fingerprint density at radius 3 is 2.57 bits per heavy atom. The summed E-state index contributed by atoms with van der Waals surface area (Å²) < 4.78 is 20.8. The maximum Gasteiger partial charge on any atom is 0.247 e. The zero-order valence-corrected chi connectivity index (χ0v) is 20.3. The summed E-state index contributed by atoms with van der Waals surface area (Å²) in [5.74, 6) is -0.994. The fraction of sp³-hybridized carbons (Fsp3) is 0.286. The highest BCUT2D eigenvalue weighted by atomic mass is 19.1. The number of fused-ring (bicyclic) bond motifs is 1. The molecule has 0 aliphatic carbocycles. The number of hydrogen-bond acceptors (Lipinski definition) is 5. The lowest BCUT2D eigenvalue weighted by atomic mass is 10.0. The molecular formula is C28H28FN5O3. The Labute approximate surface area is 214 Å². The van der Waals surface area contributed by atoms with Gasteiger partial charge >= 0.3 is 0 Å². The van der Waals surface area contributed by atoms with Gasteiger partial charge in [-0.1, -0.05) is 59.8 Å². The van der Waals surface area contributed by atoms with Crippen molar-refractivity contribution in [1.29, 1.82) is 0 Å². The van der Waals surface area contributed by atoms with Crippen molar-refractivity contribution in [2.75, 3.05) is 13.2 Å². The van der Waals surface area contributed by atoms with E-state index in [0.29, 0.717) is 29.8 Å². The summed E-state index contributed by atoms with van der Waals surface area (Å²) in [7, 11) is 0. The molecule has 1 fully saturated rings. The molecule has 1 aliphatic heterocycles. The zero-order valence-electron chi connectivity index (χ0n) is 20.3. The number of halogens is 1. The molecule has 0 radical (unpaired) electrons. The van der Waals surface area contributed by atoms with Crippen molar-refractivity contribution < 1.29 is 18.7 Å². The van der Waals surface area contributed by atoms with Gasteiger partial charge in [0.05, 0.1) is 11.6 Å². The Kier molecular flexibility index (Phi) is 7.51. The number of carbonyl (C=O) groups is 2. The molecule has 1 N–H and O–H groups in total. The van der Waals surface area contributed by atoms with Crippen LogP contribution in [0.3, 0.4) is 0 Å². The molecule has 8 nitrogen and oxygen atoms in total. The molecule has 9 heteroatoms.